The summed E-state index contributed by atoms with van der Waals surface area (Å²) in [5.74, 6) is 0.852. The van der Waals surface area contributed by atoms with Crippen molar-refractivity contribution in [3.05, 3.63) is 35.4 Å². The highest BCUT2D eigenvalue weighted by atomic mass is 16.5. The Kier molecular flexibility index (Phi) is 8.47. The summed E-state index contributed by atoms with van der Waals surface area (Å²) in [4.78, 5) is 4.23. The Bertz CT molecular complexity index is 404. The first-order chi connectivity index (χ1) is 9.81. The molecule has 0 amide bonds. The minimum absolute atomic E-state index is 0.663. The second kappa shape index (κ2) is 10.3. The molecule has 0 radical (unpaired) electrons. The van der Waals surface area contributed by atoms with Gasteiger partial charge in [0, 0.05) is 26.7 Å². The number of hydrogen-bond donors (Lipinski definition) is 2. The lowest BCUT2D eigenvalue weighted by Crippen LogP contribution is -2.37. The van der Waals surface area contributed by atoms with Crippen LogP contribution in [-0.4, -0.2) is 26.2 Å². The van der Waals surface area contributed by atoms with E-state index in [1.165, 1.54) is 17.5 Å². The van der Waals surface area contributed by atoms with E-state index in [0.29, 0.717) is 6.61 Å². The molecule has 1 aromatic carbocycles. The smallest absolute Gasteiger partial charge is 0.191 e. The Morgan fingerprint density at radius 3 is 2.55 bits per heavy atom. The molecule has 0 aliphatic heterocycles. The summed E-state index contributed by atoms with van der Waals surface area (Å²) in [6.07, 6.45) is 2.34. The fraction of sp³-hybridized carbons (Fsp3) is 0.562. The summed E-state index contributed by atoms with van der Waals surface area (Å²) in [6.45, 7) is 7.31. The second-order valence-corrected chi connectivity index (χ2v) is 4.61. The number of aliphatic imine (C=N–C) groups is 1. The molecule has 0 fully saturated rings. The molecule has 0 atom stereocenters. The molecule has 0 saturated heterocycles. The molecule has 0 spiro atoms. The Morgan fingerprint density at radius 1 is 1.15 bits per heavy atom. The van der Waals surface area contributed by atoms with Gasteiger partial charge in [0.25, 0.3) is 0 Å². The zero-order valence-electron chi connectivity index (χ0n) is 12.9. The number of unbranched alkanes of at least 4 members (excludes halogenated alkanes) is 1. The maximum absolute atomic E-state index is 5.50. The fourth-order valence-corrected chi connectivity index (χ4v) is 1.87. The first kappa shape index (κ1) is 16.5. The lowest BCUT2D eigenvalue weighted by molar-refractivity contribution is 0.133. The molecule has 2 N–H and O–H groups in total. The summed E-state index contributed by atoms with van der Waals surface area (Å²) in [5, 5.41) is 6.66. The van der Waals surface area contributed by atoms with Crippen LogP contribution in [0.15, 0.2) is 29.3 Å². The Balaban J connectivity index is 2.50. The SMILES string of the molecule is CCCCNC(=NC)NCc1ccccc1COCC. The van der Waals surface area contributed by atoms with Crippen LogP contribution in [0.2, 0.25) is 0 Å². The van der Waals surface area contributed by atoms with E-state index in [1.54, 1.807) is 7.05 Å². The van der Waals surface area contributed by atoms with Gasteiger partial charge in [-0.05, 0) is 24.5 Å². The minimum Gasteiger partial charge on any atom is -0.377 e. The van der Waals surface area contributed by atoms with Crippen LogP contribution in [0.3, 0.4) is 0 Å². The van der Waals surface area contributed by atoms with E-state index in [4.69, 9.17) is 4.74 Å². The van der Waals surface area contributed by atoms with Crippen LogP contribution < -0.4 is 10.6 Å². The molecule has 112 valence electrons. The van der Waals surface area contributed by atoms with Crippen molar-refractivity contribution in [2.75, 3.05) is 20.2 Å². The molecule has 0 aromatic heterocycles. The van der Waals surface area contributed by atoms with E-state index in [1.807, 2.05) is 13.0 Å². The molecule has 0 heterocycles. The number of guanidine groups is 1. The van der Waals surface area contributed by atoms with Crippen molar-refractivity contribution in [1.82, 2.24) is 10.6 Å². The van der Waals surface area contributed by atoms with Gasteiger partial charge in [0.05, 0.1) is 6.61 Å². The number of hydrogen-bond acceptors (Lipinski definition) is 2. The van der Waals surface area contributed by atoms with Gasteiger partial charge in [0.1, 0.15) is 0 Å². The van der Waals surface area contributed by atoms with Crippen molar-refractivity contribution in [3.63, 3.8) is 0 Å². The number of ether oxygens (including phenoxy) is 1. The van der Waals surface area contributed by atoms with Crippen molar-refractivity contribution in [3.8, 4) is 0 Å². The molecule has 4 heteroatoms. The van der Waals surface area contributed by atoms with Gasteiger partial charge in [-0.2, -0.15) is 0 Å². The Morgan fingerprint density at radius 2 is 1.90 bits per heavy atom. The molecule has 20 heavy (non-hydrogen) atoms. The molecular weight excluding hydrogens is 250 g/mol. The molecule has 4 nitrogen and oxygen atoms in total. The quantitative estimate of drug-likeness (QED) is 0.436. The van der Waals surface area contributed by atoms with Crippen LogP contribution in [0, 0.1) is 0 Å². The summed E-state index contributed by atoms with van der Waals surface area (Å²) in [5.41, 5.74) is 2.48. The third-order valence-corrected chi connectivity index (χ3v) is 3.07. The van der Waals surface area contributed by atoms with E-state index in [2.05, 4.69) is 40.7 Å². The maximum atomic E-state index is 5.50. The van der Waals surface area contributed by atoms with Gasteiger partial charge in [-0.3, -0.25) is 4.99 Å². The average molecular weight is 277 g/mol. The summed E-state index contributed by atoms with van der Waals surface area (Å²) >= 11 is 0. The zero-order chi connectivity index (χ0) is 14.6. The first-order valence-corrected chi connectivity index (χ1v) is 7.40. The van der Waals surface area contributed by atoms with Gasteiger partial charge >= 0.3 is 0 Å². The molecule has 1 aromatic rings. The number of nitrogens with one attached hydrogen (secondary N) is 2. The Labute approximate surface area is 122 Å². The molecule has 0 bridgehead atoms. The fourth-order valence-electron chi connectivity index (χ4n) is 1.87. The standard InChI is InChI=1S/C16H27N3O/c1-4-6-11-18-16(17-3)19-12-14-9-7-8-10-15(14)13-20-5-2/h7-10H,4-6,11-13H2,1-3H3,(H2,17,18,19). The van der Waals surface area contributed by atoms with Gasteiger partial charge in [0.2, 0.25) is 0 Å². The number of rotatable bonds is 8. The average Bonchev–Trinajstić information content (AvgIpc) is 2.49. The van der Waals surface area contributed by atoms with E-state index in [9.17, 15) is 0 Å². The second-order valence-electron chi connectivity index (χ2n) is 4.61. The molecule has 1 rings (SSSR count). The van der Waals surface area contributed by atoms with Crippen LogP contribution in [-0.2, 0) is 17.9 Å². The van der Waals surface area contributed by atoms with Crippen LogP contribution >= 0.6 is 0 Å². The van der Waals surface area contributed by atoms with Crippen LogP contribution in [0.1, 0.15) is 37.8 Å². The third kappa shape index (κ3) is 6.06. The monoisotopic (exact) mass is 277 g/mol. The van der Waals surface area contributed by atoms with Crippen molar-refractivity contribution in [2.45, 2.75) is 39.8 Å². The van der Waals surface area contributed by atoms with Gasteiger partial charge < -0.3 is 15.4 Å². The van der Waals surface area contributed by atoms with Gasteiger partial charge in [0.15, 0.2) is 5.96 Å². The van der Waals surface area contributed by atoms with E-state index in [-0.39, 0.29) is 0 Å². The first-order valence-electron chi connectivity index (χ1n) is 7.40. The van der Waals surface area contributed by atoms with Crippen LogP contribution in [0.25, 0.3) is 0 Å². The van der Waals surface area contributed by atoms with Crippen LogP contribution in [0.5, 0.6) is 0 Å². The molecule has 0 aliphatic carbocycles. The van der Waals surface area contributed by atoms with Crippen molar-refractivity contribution >= 4 is 5.96 Å². The summed E-state index contributed by atoms with van der Waals surface area (Å²) < 4.78 is 5.50. The summed E-state index contributed by atoms with van der Waals surface area (Å²) in [7, 11) is 1.80. The highest BCUT2D eigenvalue weighted by molar-refractivity contribution is 5.79. The molecule has 0 aliphatic rings. The van der Waals surface area contributed by atoms with Crippen molar-refractivity contribution in [1.29, 1.82) is 0 Å². The lowest BCUT2D eigenvalue weighted by Gasteiger charge is -2.14. The lowest BCUT2D eigenvalue weighted by atomic mass is 10.1. The van der Waals surface area contributed by atoms with Crippen molar-refractivity contribution < 1.29 is 4.74 Å². The van der Waals surface area contributed by atoms with Crippen LogP contribution in [0.4, 0.5) is 0 Å². The number of nitrogens with zero attached hydrogens (tertiary/aromatic N) is 1. The highest BCUT2D eigenvalue weighted by Gasteiger charge is 2.03. The third-order valence-electron chi connectivity index (χ3n) is 3.07. The van der Waals surface area contributed by atoms with Gasteiger partial charge in [-0.25, -0.2) is 0 Å². The summed E-state index contributed by atoms with van der Waals surface area (Å²) in [6, 6.07) is 8.34. The molecule has 0 unspecified atom stereocenters. The largest absolute Gasteiger partial charge is 0.377 e. The molecular formula is C16H27N3O. The molecule has 0 saturated carbocycles. The van der Waals surface area contributed by atoms with E-state index < -0.39 is 0 Å². The predicted octanol–water partition coefficient (Wildman–Crippen LogP) is 2.69. The van der Waals surface area contributed by atoms with Crippen molar-refractivity contribution in [2.24, 2.45) is 4.99 Å². The van der Waals surface area contributed by atoms with E-state index >= 15 is 0 Å². The number of benzene rings is 1. The highest BCUT2D eigenvalue weighted by Crippen LogP contribution is 2.09. The predicted molar refractivity (Wildman–Crippen MR) is 84.9 cm³/mol. The van der Waals surface area contributed by atoms with Gasteiger partial charge in [-0.15, -0.1) is 0 Å². The Hall–Kier alpha value is -1.55. The maximum Gasteiger partial charge on any atom is 0.191 e. The van der Waals surface area contributed by atoms with E-state index in [0.717, 1.165) is 32.1 Å². The topological polar surface area (TPSA) is 45.7 Å². The zero-order valence-corrected chi connectivity index (χ0v) is 12.9. The minimum atomic E-state index is 0.663. The van der Waals surface area contributed by atoms with Gasteiger partial charge in [-0.1, -0.05) is 37.6 Å². The normalized spacial score (nSPS) is 11.4.